The molecule has 0 aromatic heterocycles. The number of rotatable bonds is 7. The summed E-state index contributed by atoms with van der Waals surface area (Å²) in [7, 11) is 0. The molecule has 0 heterocycles. The molecular formula is C14H18N2O4S. The van der Waals surface area contributed by atoms with Crippen molar-refractivity contribution in [1.82, 2.24) is 5.43 Å². The molecule has 0 saturated carbocycles. The van der Waals surface area contributed by atoms with E-state index in [2.05, 4.69) is 5.10 Å². The molecule has 0 bridgehead atoms. The van der Waals surface area contributed by atoms with Gasteiger partial charge in [-0.25, -0.2) is 10.2 Å². The van der Waals surface area contributed by atoms with Crippen LogP contribution in [-0.2, 0) is 16.0 Å². The molecule has 7 heteroatoms. The second-order valence-corrected chi connectivity index (χ2v) is 5.16. The summed E-state index contributed by atoms with van der Waals surface area (Å²) in [5.74, 6) is 0.224. The van der Waals surface area contributed by atoms with Crippen LogP contribution in [0.3, 0.4) is 0 Å². The van der Waals surface area contributed by atoms with Crippen LogP contribution in [0.5, 0.6) is 0 Å². The second kappa shape index (κ2) is 9.82. The predicted octanol–water partition coefficient (Wildman–Crippen LogP) is 2.50. The number of carbonyl (C=O) groups excluding carboxylic acids is 1. The molecule has 1 aromatic rings. The Balaban J connectivity index is 2.54. The number of hydrogen-bond acceptors (Lipinski definition) is 5. The normalized spacial score (nSPS) is 11.0. The van der Waals surface area contributed by atoms with Crippen LogP contribution in [-0.4, -0.2) is 34.6 Å². The van der Waals surface area contributed by atoms with Crippen molar-refractivity contribution in [2.24, 2.45) is 5.10 Å². The fourth-order valence-corrected chi connectivity index (χ4v) is 2.37. The van der Waals surface area contributed by atoms with Gasteiger partial charge in [-0.05, 0) is 12.5 Å². The summed E-state index contributed by atoms with van der Waals surface area (Å²) >= 11 is 1.34. The van der Waals surface area contributed by atoms with Crippen LogP contribution in [0.1, 0.15) is 18.9 Å². The Morgan fingerprint density at radius 2 is 2.05 bits per heavy atom. The number of esters is 1. The molecule has 0 spiro atoms. The van der Waals surface area contributed by atoms with E-state index in [0.29, 0.717) is 23.8 Å². The quantitative estimate of drug-likeness (QED) is 0.350. The molecule has 2 N–H and O–H groups in total. The molecule has 0 radical (unpaired) electrons. The SMILES string of the molecule is CCOC(=O)CCSC(Cc1ccccc1)=NNC(=O)O. The van der Waals surface area contributed by atoms with Crippen molar-refractivity contribution < 1.29 is 19.4 Å². The number of nitrogens with one attached hydrogen (secondary N) is 1. The Morgan fingerprint density at radius 1 is 1.33 bits per heavy atom. The number of carbonyl (C=O) groups is 2. The van der Waals surface area contributed by atoms with Gasteiger partial charge in [-0.3, -0.25) is 4.79 Å². The number of carboxylic acid groups (broad SMARTS) is 1. The van der Waals surface area contributed by atoms with Crippen molar-refractivity contribution in [1.29, 1.82) is 0 Å². The van der Waals surface area contributed by atoms with E-state index < -0.39 is 6.09 Å². The van der Waals surface area contributed by atoms with Crippen molar-refractivity contribution in [3.63, 3.8) is 0 Å². The van der Waals surface area contributed by atoms with Crippen molar-refractivity contribution in [3.05, 3.63) is 35.9 Å². The van der Waals surface area contributed by atoms with Gasteiger partial charge in [0.05, 0.1) is 18.1 Å². The minimum absolute atomic E-state index is 0.263. The van der Waals surface area contributed by atoms with Gasteiger partial charge < -0.3 is 9.84 Å². The van der Waals surface area contributed by atoms with Gasteiger partial charge in [-0.15, -0.1) is 11.8 Å². The molecule has 0 atom stereocenters. The van der Waals surface area contributed by atoms with Gasteiger partial charge >= 0.3 is 12.1 Å². The van der Waals surface area contributed by atoms with Gasteiger partial charge in [0.2, 0.25) is 0 Å². The fourth-order valence-electron chi connectivity index (χ4n) is 1.49. The van der Waals surface area contributed by atoms with E-state index in [9.17, 15) is 9.59 Å². The number of hydrogen-bond donors (Lipinski definition) is 2. The Hall–Kier alpha value is -2.02. The average molecular weight is 310 g/mol. The van der Waals surface area contributed by atoms with E-state index in [1.54, 1.807) is 6.92 Å². The summed E-state index contributed by atoms with van der Waals surface area (Å²) in [4.78, 5) is 21.8. The highest BCUT2D eigenvalue weighted by molar-refractivity contribution is 8.13. The number of nitrogens with zero attached hydrogens (tertiary/aromatic N) is 1. The number of amides is 1. The number of ether oxygens (including phenoxy) is 1. The van der Waals surface area contributed by atoms with Gasteiger partial charge in [-0.1, -0.05) is 30.3 Å². The third-order valence-corrected chi connectivity index (χ3v) is 3.33. The Bertz CT molecular complexity index is 491. The van der Waals surface area contributed by atoms with Crippen molar-refractivity contribution in [3.8, 4) is 0 Å². The molecular weight excluding hydrogens is 292 g/mol. The number of hydrazone groups is 1. The summed E-state index contributed by atoms with van der Waals surface area (Å²) < 4.78 is 4.84. The lowest BCUT2D eigenvalue weighted by molar-refractivity contribution is -0.142. The fraction of sp³-hybridized carbons (Fsp3) is 0.357. The maximum absolute atomic E-state index is 11.3. The highest BCUT2D eigenvalue weighted by Gasteiger charge is 2.07. The third-order valence-electron chi connectivity index (χ3n) is 2.35. The van der Waals surface area contributed by atoms with Crippen molar-refractivity contribution in [2.45, 2.75) is 19.8 Å². The van der Waals surface area contributed by atoms with Crippen molar-refractivity contribution in [2.75, 3.05) is 12.4 Å². The zero-order valence-electron chi connectivity index (χ0n) is 11.7. The van der Waals surface area contributed by atoms with E-state index in [-0.39, 0.29) is 12.4 Å². The zero-order chi connectivity index (χ0) is 15.5. The van der Waals surface area contributed by atoms with E-state index in [0.717, 1.165) is 5.56 Å². The Kier molecular flexibility index (Phi) is 7.96. The Morgan fingerprint density at radius 3 is 2.67 bits per heavy atom. The minimum Gasteiger partial charge on any atom is -0.466 e. The molecule has 1 rings (SSSR count). The first-order chi connectivity index (χ1) is 10.1. The van der Waals surface area contributed by atoms with Gasteiger partial charge in [0, 0.05) is 12.2 Å². The first kappa shape index (κ1) is 17.0. The van der Waals surface area contributed by atoms with E-state index in [1.165, 1.54) is 11.8 Å². The first-order valence-electron chi connectivity index (χ1n) is 6.49. The van der Waals surface area contributed by atoms with Gasteiger partial charge in [0.15, 0.2) is 0 Å². The van der Waals surface area contributed by atoms with Crippen LogP contribution in [0.2, 0.25) is 0 Å². The molecule has 0 fully saturated rings. The largest absolute Gasteiger partial charge is 0.466 e. The molecule has 0 aliphatic heterocycles. The second-order valence-electron chi connectivity index (χ2n) is 3.99. The first-order valence-corrected chi connectivity index (χ1v) is 7.48. The van der Waals surface area contributed by atoms with Gasteiger partial charge in [0.1, 0.15) is 0 Å². The molecule has 1 aromatic carbocycles. The maximum atomic E-state index is 11.3. The van der Waals surface area contributed by atoms with Crippen molar-refractivity contribution >= 4 is 28.9 Å². The van der Waals surface area contributed by atoms with Crippen LogP contribution < -0.4 is 5.43 Å². The molecule has 0 aliphatic rings. The van der Waals surface area contributed by atoms with E-state index in [1.807, 2.05) is 35.8 Å². The summed E-state index contributed by atoms with van der Waals surface area (Å²) in [6.45, 7) is 2.11. The van der Waals surface area contributed by atoms with E-state index >= 15 is 0 Å². The standard InChI is InChI=1S/C14H18N2O4S/c1-2-20-13(17)8-9-21-12(15-16-14(18)19)10-11-6-4-3-5-7-11/h3-7,16H,2,8-10H2,1H3,(H,18,19). The third kappa shape index (κ3) is 7.98. The predicted molar refractivity (Wildman–Crippen MR) is 82.4 cm³/mol. The average Bonchev–Trinajstić information content (AvgIpc) is 2.46. The van der Waals surface area contributed by atoms with Crippen LogP contribution in [0.4, 0.5) is 4.79 Å². The summed E-state index contributed by atoms with van der Waals surface area (Å²) in [6.07, 6.45) is -0.444. The lowest BCUT2D eigenvalue weighted by Crippen LogP contribution is -2.17. The van der Waals surface area contributed by atoms with Crippen LogP contribution in [0.25, 0.3) is 0 Å². The van der Waals surface area contributed by atoms with Crippen LogP contribution in [0.15, 0.2) is 35.4 Å². The topological polar surface area (TPSA) is 88.0 Å². The minimum atomic E-state index is -1.22. The molecule has 6 nitrogen and oxygen atoms in total. The van der Waals surface area contributed by atoms with Gasteiger partial charge in [0.25, 0.3) is 0 Å². The smallest absolute Gasteiger partial charge is 0.425 e. The summed E-state index contributed by atoms with van der Waals surface area (Å²) in [6, 6.07) is 9.58. The molecule has 0 saturated heterocycles. The Labute approximate surface area is 127 Å². The maximum Gasteiger partial charge on any atom is 0.425 e. The molecule has 21 heavy (non-hydrogen) atoms. The lowest BCUT2D eigenvalue weighted by Gasteiger charge is -2.06. The molecule has 0 unspecified atom stereocenters. The number of thioether (sulfide) groups is 1. The summed E-state index contributed by atoms with van der Waals surface area (Å²) in [5.41, 5.74) is 3.02. The van der Waals surface area contributed by atoms with Gasteiger partial charge in [-0.2, -0.15) is 5.10 Å². The zero-order valence-corrected chi connectivity index (χ0v) is 12.6. The number of benzene rings is 1. The molecule has 114 valence electrons. The monoisotopic (exact) mass is 310 g/mol. The molecule has 1 amide bonds. The van der Waals surface area contributed by atoms with Crippen LogP contribution in [0, 0.1) is 0 Å². The van der Waals surface area contributed by atoms with E-state index in [4.69, 9.17) is 9.84 Å². The molecule has 0 aliphatic carbocycles. The van der Waals surface area contributed by atoms with Crippen LogP contribution >= 0.6 is 11.8 Å². The lowest BCUT2D eigenvalue weighted by atomic mass is 10.2. The highest BCUT2D eigenvalue weighted by Crippen LogP contribution is 2.12. The summed E-state index contributed by atoms with van der Waals surface area (Å²) in [5, 5.41) is 13.1. The highest BCUT2D eigenvalue weighted by atomic mass is 32.2.